The van der Waals surface area contributed by atoms with Crippen molar-refractivity contribution in [2.24, 2.45) is 0 Å². The number of halogens is 3. The highest BCUT2D eigenvalue weighted by Crippen LogP contribution is 2.31. The molecule has 0 aliphatic heterocycles. The lowest BCUT2D eigenvalue weighted by Crippen LogP contribution is -2.11. The van der Waals surface area contributed by atoms with Crippen LogP contribution in [0.3, 0.4) is 0 Å². The summed E-state index contributed by atoms with van der Waals surface area (Å²) in [5.74, 6) is 0.281. The number of hydrogen-bond acceptors (Lipinski definition) is 4. The molecule has 1 rings (SSSR count). The first kappa shape index (κ1) is 13.6. The van der Waals surface area contributed by atoms with E-state index in [1.807, 2.05) is 0 Å². The van der Waals surface area contributed by atoms with Gasteiger partial charge in [-0.3, -0.25) is 0 Å². The Kier molecular flexibility index (Phi) is 4.56. The van der Waals surface area contributed by atoms with Crippen LogP contribution in [-0.4, -0.2) is 30.3 Å². The van der Waals surface area contributed by atoms with Crippen molar-refractivity contribution in [3.05, 3.63) is 17.7 Å². The zero-order chi connectivity index (χ0) is 12.9. The maximum atomic E-state index is 12.5. The van der Waals surface area contributed by atoms with Crippen LogP contribution < -0.4 is 10.6 Å². The summed E-state index contributed by atoms with van der Waals surface area (Å²) in [5, 5.41) is 13.9. The van der Waals surface area contributed by atoms with Crippen LogP contribution in [0.4, 0.5) is 24.8 Å². The van der Waals surface area contributed by atoms with Crippen LogP contribution in [0.1, 0.15) is 12.0 Å². The van der Waals surface area contributed by atoms with Gasteiger partial charge in [0.25, 0.3) is 0 Å². The van der Waals surface area contributed by atoms with E-state index in [4.69, 9.17) is 5.11 Å². The Morgan fingerprint density at radius 1 is 1.29 bits per heavy atom. The highest BCUT2D eigenvalue weighted by Gasteiger charge is 2.31. The molecule has 3 N–H and O–H groups in total. The molecule has 1 aromatic rings. The molecule has 0 amide bonds. The SMILES string of the molecule is CNc1cc(C(F)(F)F)cc(NCCCO)n1. The summed E-state index contributed by atoms with van der Waals surface area (Å²) in [6.07, 6.45) is -3.95. The van der Waals surface area contributed by atoms with Gasteiger partial charge in [0, 0.05) is 20.2 Å². The molecule has 0 atom stereocenters. The largest absolute Gasteiger partial charge is 0.416 e. The normalized spacial score (nSPS) is 11.4. The number of anilines is 2. The summed E-state index contributed by atoms with van der Waals surface area (Å²) in [4.78, 5) is 3.93. The Hall–Kier alpha value is -1.50. The number of alkyl halides is 3. The van der Waals surface area contributed by atoms with Crippen LogP contribution in [0.2, 0.25) is 0 Å². The number of hydrogen-bond donors (Lipinski definition) is 3. The minimum atomic E-state index is -4.40. The standard InChI is InChI=1S/C10H14F3N3O/c1-14-8-5-7(10(11,12)13)6-9(16-8)15-3-2-4-17/h5-6,17H,2-4H2,1H3,(H2,14,15,16). The average molecular weight is 249 g/mol. The molecule has 1 aromatic heterocycles. The fraction of sp³-hybridized carbons (Fsp3) is 0.500. The second-order valence-corrected chi connectivity index (χ2v) is 3.38. The zero-order valence-corrected chi connectivity index (χ0v) is 9.30. The van der Waals surface area contributed by atoms with Gasteiger partial charge < -0.3 is 15.7 Å². The molecule has 0 unspecified atom stereocenters. The van der Waals surface area contributed by atoms with Gasteiger partial charge in [0.1, 0.15) is 11.6 Å². The van der Waals surface area contributed by atoms with Gasteiger partial charge in [-0.05, 0) is 18.6 Å². The van der Waals surface area contributed by atoms with Crippen molar-refractivity contribution in [2.45, 2.75) is 12.6 Å². The second kappa shape index (κ2) is 5.72. The Bertz CT molecular complexity index is 368. The summed E-state index contributed by atoms with van der Waals surface area (Å²) >= 11 is 0. The van der Waals surface area contributed by atoms with Crippen LogP contribution in [-0.2, 0) is 6.18 Å². The molecule has 0 saturated heterocycles. The van der Waals surface area contributed by atoms with Crippen molar-refractivity contribution in [1.82, 2.24) is 4.98 Å². The zero-order valence-electron chi connectivity index (χ0n) is 9.30. The van der Waals surface area contributed by atoms with E-state index in [9.17, 15) is 13.2 Å². The molecule has 0 bridgehead atoms. The molecule has 0 spiro atoms. The van der Waals surface area contributed by atoms with Gasteiger partial charge in [-0.2, -0.15) is 13.2 Å². The van der Waals surface area contributed by atoms with Crippen molar-refractivity contribution < 1.29 is 18.3 Å². The third-order valence-corrected chi connectivity index (χ3v) is 2.05. The first-order chi connectivity index (χ1) is 7.97. The van der Waals surface area contributed by atoms with Crippen LogP contribution >= 0.6 is 0 Å². The van der Waals surface area contributed by atoms with E-state index in [0.717, 1.165) is 12.1 Å². The smallest absolute Gasteiger partial charge is 0.396 e. The lowest BCUT2D eigenvalue weighted by molar-refractivity contribution is -0.137. The van der Waals surface area contributed by atoms with Crippen LogP contribution in [0.5, 0.6) is 0 Å². The van der Waals surface area contributed by atoms with E-state index in [2.05, 4.69) is 15.6 Å². The van der Waals surface area contributed by atoms with E-state index >= 15 is 0 Å². The predicted molar refractivity (Wildman–Crippen MR) is 59.0 cm³/mol. The maximum Gasteiger partial charge on any atom is 0.416 e. The minimum absolute atomic E-state index is 0.0230. The highest BCUT2D eigenvalue weighted by atomic mass is 19.4. The number of aliphatic hydroxyl groups is 1. The molecular formula is C10H14F3N3O. The number of pyridine rings is 1. The van der Waals surface area contributed by atoms with Gasteiger partial charge >= 0.3 is 6.18 Å². The van der Waals surface area contributed by atoms with Crippen molar-refractivity contribution in [3.63, 3.8) is 0 Å². The number of nitrogens with zero attached hydrogens (tertiary/aromatic N) is 1. The average Bonchev–Trinajstić information content (AvgIpc) is 2.28. The third-order valence-electron chi connectivity index (χ3n) is 2.05. The Morgan fingerprint density at radius 2 is 1.94 bits per heavy atom. The molecule has 0 fully saturated rings. The van der Waals surface area contributed by atoms with E-state index in [-0.39, 0.29) is 18.2 Å². The van der Waals surface area contributed by atoms with Gasteiger partial charge in [-0.25, -0.2) is 4.98 Å². The van der Waals surface area contributed by atoms with Crippen molar-refractivity contribution in [1.29, 1.82) is 0 Å². The van der Waals surface area contributed by atoms with Gasteiger partial charge in [-0.15, -0.1) is 0 Å². The summed E-state index contributed by atoms with van der Waals surface area (Å²) in [6, 6.07) is 1.88. The number of aromatic nitrogens is 1. The molecule has 96 valence electrons. The number of aliphatic hydroxyl groups excluding tert-OH is 1. The van der Waals surface area contributed by atoms with Gasteiger partial charge in [-0.1, -0.05) is 0 Å². The minimum Gasteiger partial charge on any atom is -0.396 e. The Balaban J connectivity index is 2.89. The van der Waals surface area contributed by atoms with E-state index in [1.165, 1.54) is 7.05 Å². The highest BCUT2D eigenvalue weighted by molar-refractivity contribution is 5.49. The number of nitrogens with one attached hydrogen (secondary N) is 2. The molecule has 0 radical (unpaired) electrons. The third kappa shape index (κ3) is 4.10. The maximum absolute atomic E-state index is 12.5. The predicted octanol–water partition coefficient (Wildman–Crippen LogP) is 1.94. The molecule has 1 heterocycles. The Labute approximate surface area is 96.9 Å². The molecule has 0 aliphatic rings. The Morgan fingerprint density at radius 3 is 2.47 bits per heavy atom. The number of rotatable bonds is 5. The fourth-order valence-corrected chi connectivity index (χ4v) is 1.21. The van der Waals surface area contributed by atoms with E-state index in [1.54, 1.807) is 0 Å². The molecule has 7 heteroatoms. The van der Waals surface area contributed by atoms with E-state index < -0.39 is 11.7 Å². The first-order valence-electron chi connectivity index (χ1n) is 5.09. The topological polar surface area (TPSA) is 57.2 Å². The fourth-order valence-electron chi connectivity index (χ4n) is 1.21. The summed E-state index contributed by atoms with van der Waals surface area (Å²) < 4.78 is 37.6. The van der Waals surface area contributed by atoms with E-state index in [0.29, 0.717) is 13.0 Å². The lowest BCUT2D eigenvalue weighted by Gasteiger charge is -2.12. The van der Waals surface area contributed by atoms with Gasteiger partial charge in [0.2, 0.25) is 0 Å². The lowest BCUT2D eigenvalue weighted by atomic mass is 10.2. The molecule has 0 aliphatic carbocycles. The summed E-state index contributed by atoms with van der Waals surface area (Å²) in [5.41, 5.74) is -0.761. The van der Waals surface area contributed by atoms with Crippen LogP contribution in [0.25, 0.3) is 0 Å². The van der Waals surface area contributed by atoms with Crippen molar-refractivity contribution >= 4 is 11.6 Å². The monoisotopic (exact) mass is 249 g/mol. The van der Waals surface area contributed by atoms with Crippen molar-refractivity contribution in [3.8, 4) is 0 Å². The second-order valence-electron chi connectivity index (χ2n) is 3.38. The molecule has 4 nitrogen and oxygen atoms in total. The summed E-state index contributed by atoms with van der Waals surface area (Å²) in [6.45, 7) is 0.346. The molecule has 0 aromatic carbocycles. The first-order valence-corrected chi connectivity index (χ1v) is 5.09. The van der Waals surface area contributed by atoms with Crippen LogP contribution in [0, 0.1) is 0 Å². The molecule has 17 heavy (non-hydrogen) atoms. The van der Waals surface area contributed by atoms with Crippen molar-refractivity contribution in [2.75, 3.05) is 30.8 Å². The van der Waals surface area contributed by atoms with Gasteiger partial charge in [0.05, 0.1) is 5.56 Å². The summed E-state index contributed by atoms with van der Waals surface area (Å²) in [7, 11) is 1.50. The quantitative estimate of drug-likeness (QED) is 0.698. The van der Waals surface area contributed by atoms with Gasteiger partial charge in [0.15, 0.2) is 0 Å². The van der Waals surface area contributed by atoms with Crippen LogP contribution in [0.15, 0.2) is 12.1 Å². The molecule has 0 saturated carbocycles. The molecular weight excluding hydrogens is 235 g/mol.